The van der Waals surface area contributed by atoms with Crippen molar-refractivity contribution in [3.8, 4) is 6.07 Å². The molecule has 1 aromatic carbocycles. The molecule has 1 saturated heterocycles. The van der Waals surface area contributed by atoms with Gasteiger partial charge in [0.15, 0.2) is 0 Å². The Labute approximate surface area is 108 Å². The number of amides is 1. The third-order valence-electron chi connectivity index (χ3n) is 3.72. The molecule has 1 unspecified atom stereocenters. The molecular weight excluding hydrogens is 224 g/mol. The van der Waals surface area contributed by atoms with Gasteiger partial charge in [0.2, 0.25) is 0 Å². The van der Waals surface area contributed by atoms with Crippen LogP contribution in [0.2, 0.25) is 0 Å². The largest absolute Gasteiger partial charge is 0.338 e. The number of nitrogens with zero attached hydrogens (tertiary/aromatic N) is 2. The molecule has 1 aliphatic rings. The first-order valence-electron chi connectivity index (χ1n) is 6.41. The predicted octanol–water partition coefficient (Wildman–Crippen LogP) is 2.68. The van der Waals surface area contributed by atoms with Crippen molar-refractivity contribution in [3.05, 3.63) is 35.4 Å². The fourth-order valence-electron chi connectivity index (χ4n) is 2.39. The van der Waals surface area contributed by atoms with E-state index in [1.807, 2.05) is 4.90 Å². The zero-order valence-corrected chi connectivity index (χ0v) is 10.9. The van der Waals surface area contributed by atoms with Gasteiger partial charge in [-0.05, 0) is 42.5 Å². The first-order chi connectivity index (χ1) is 8.61. The molecule has 0 radical (unpaired) electrons. The van der Waals surface area contributed by atoms with Crippen molar-refractivity contribution < 1.29 is 4.79 Å². The van der Waals surface area contributed by atoms with Crippen LogP contribution in [0.25, 0.3) is 0 Å². The summed E-state index contributed by atoms with van der Waals surface area (Å²) in [5, 5.41) is 8.73. The summed E-state index contributed by atoms with van der Waals surface area (Å²) in [5.74, 6) is 1.33. The van der Waals surface area contributed by atoms with Gasteiger partial charge in [0, 0.05) is 18.7 Å². The summed E-state index contributed by atoms with van der Waals surface area (Å²) < 4.78 is 0. The maximum Gasteiger partial charge on any atom is 0.253 e. The molecule has 18 heavy (non-hydrogen) atoms. The topological polar surface area (TPSA) is 44.1 Å². The maximum absolute atomic E-state index is 12.3. The van der Waals surface area contributed by atoms with E-state index in [9.17, 15) is 4.79 Å². The van der Waals surface area contributed by atoms with Crippen molar-refractivity contribution in [2.45, 2.75) is 20.3 Å². The van der Waals surface area contributed by atoms with Gasteiger partial charge in [0.05, 0.1) is 11.6 Å². The highest BCUT2D eigenvalue weighted by Gasteiger charge is 2.28. The van der Waals surface area contributed by atoms with E-state index in [4.69, 9.17) is 5.26 Å². The van der Waals surface area contributed by atoms with Gasteiger partial charge in [-0.2, -0.15) is 5.26 Å². The average molecular weight is 242 g/mol. The second kappa shape index (κ2) is 5.22. The molecule has 0 spiro atoms. The van der Waals surface area contributed by atoms with Gasteiger partial charge in [0.1, 0.15) is 0 Å². The summed E-state index contributed by atoms with van der Waals surface area (Å²) in [6.45, 7) is 6.12. The van der Waals surface area contributed by atoms with Crippen LogP contribution in [-0.4, -0.2) is 23.9 Å². The normalized spacial score (nSPS) is 19.0. The molecule has 1 atom stereocenters. The molecule has 0 N–H and O–H groups in total. The smallest absolute Gasteiger partial charge is 0.253 e. The third kappa shape index (κ3) is 2.53. The molecule has 0 aliphatic carbocycles. The van der Waals surface area contributed by atoms with E-state index in [0.717, 1.165) is 19.5 Å². The summed E-state index contributed by atoms with van der Waals surface area (Å²) in [4.78, 5) is 14.2. The van der Waals surface area contributed by atoms with Gasteiger partial charge in [-0.25, -0.2) is 0 Å². The summed E-state index contributed by atoms with van der Waals surface area (Å²) in [6.07, 6.45) is 1.10. The van der Waals surface area contributed by atoms with Crippen molar-refractivity contribution in [1.29, 1.82) is 5.26 Å². The van der Waals surface area contributed by atoms with E-state index in [1.165, 1.54) is 0 Å². The number of likely N-dealkylation sites (tertiary alicyclic amines) is 1. The summed E-state index contributed by atoms with van der Waals surface area (Å²) >= 11 is 0. The zero-order valence-electron chi connectivity index (χ0n) is 10.9. The van der Waals surface area contributed by atoms with Crippen molar-refractivity contribution in [3.63, 3.8) is 0 Å². The molecule has 3 heteroatoms. The molecular formula is C15H18N2O. The van der Waals surface area contributed by atoms with Crippen LogP contribution in [0.1, 0.15) is 36.2 Å². The lowest BCUT2D eigenvalue weighted by Gasteiger charge is -2.18. The number of benzene rings is 1. The molecule has 2 rings (SSSR count). The van der Waals surface area contributed by atoms with Crippen molar-refractivity contribution in [2.75, 3.05) is 13.1 Å². The van der Waals surface area contributed by atoms with Crippen LogP contribution in [0.3, 0.4) is 0 Å². The van der Waals surface area contributed by atoms with Gasteiger partial charge in [-0.1, -0.05) is 13.8 Å². The molecule has 0 saturated carbocycles. The average Bonchev–Trinajstić information content (AvgIpc) is 2.88. The second-order valence-electron chi connectivity index (χ2n) is 5.23. The minimum Gasteiger partial charge on any atom is -0.338 e. The Morgan fingerprint density at radius 3 is 2.56 bits per heavy atom. The molecule has 3 nitrogen and oxygen atoms in total. The number of carbonyl (C=O) groups excluding carboxylic acids is 1. The lowest BCUT2D eigenvalue weighted by Crippen LogP contribution is -2.29. The lowest BCUT2D eigenvalue weighted by atomic mass is 9.95. The van der Waals surface area contributed by atoms with Crippen LogP contribution in [0.15, 0.2) is 24.3 Å². The fraction of sp³-hybridized carbons (Fsp3) is 0.467. The minimum absolute atomic E-state index is 0.0858. The van der Waals surface area contributed by atoms with E-state index in [2.05, 4.69) is 19.9 Å². The highest BCUT2D eigenvalue weighted by atomic mass is 16.2. The van der Waals surface area contributed by atoms with E-state index in [0.29, 0.717) is 23.0 Å². The van der Waals surface area contributed by atoms with Crippen LogP contribution in [-0.2, 0) is 0 Å². The van der Waals surface area contributed by atoms with Gasteiger partial charge in [0.25, 0.3) is 5.91 Å². The zero-order chi connectivity index (χ0) is 13.1. The third-order valence-corrected chi connectivity index (χ3v) is 3.72. The number of hydrogen-bond donors (Lipinski definition) is 0. The number of carbonyl (C=O) groups is 1. The van der Waals surface area contributed by atoms with Gasteiger partial charge in [-0.3, -0.25) is 4.79 Å². The van der Waals surface area contributed by atoms with E-state index < -0.39 is 0 Å². The predicted molar refractivity (Wildman–Crippen MR) is 70.0 cm³/mol. The van der Waals surface area contributed by atoms with Gasteiger partial charge in [-0.15, -0.1) is 0 Å². The molecule has 0 bridgehead atoms. The Hall–Kier alpha value is -1.82. The first-order valence-corrected chi connectivity index (χ1v) is 6.41. The Balaban J connectivity index is 2.06. The quantitative estimate of drug-likeness (QED) is 0.800. The van der Waals surface area contributed by atoms with E-state index in [1.54, 1.807) is 24.3 Å². The van der Waals surface area contributed by atoms with Crippen LogP contribution in [0.5, 0.6) is 0 Å². The van der Waals surface area contributed by atoms with Gasteiger partial charge < -0.3 is 4.90 Å². The summed E-state index contributed by atoms with van der Waals surface area (Å²) in [7, 11) is 0. The number of nitriles is 1. The van der Waals surface area contributed by atoms with Crippen molar-refractivity contribution in [1.82, 2.24) is 4.90 Å². The summed E-state index contributed by atoms with van der Waals surface area (Å²) in [5.41, 5.74) is 1.27. The maximum atomic E-state index is 12.3. The Morgan fingerprint density at radius 2 is 2.06 bits per heavy atom. The Kier molecular flexibility index (Phi) is 3.66. The minimum atomic E-state index is 0.0858. The lowest BCUT2D eigenvalue weighted by molar-refractivity contribution is 0.0784. The van der Waals surface area contributed by atoms with Crippen molar-refractivity contribution >= 4 is 5.91 Å². The Morgan fingerprint density at radius 1 is 1.39 bits per heavy atom. The molecule has 1 fully saturated rings. The highest BCUT2D eigenvalue weighted by Crippen LogP contribution is 2.24. The monoisotopic (exact) mass is 242 g/mol. The van der Waals surface area contributed by atoms with E-state index in [-0.39, 0.29) is 5.91 Å². The van der Waals surface area contributed by atoms with Crippen molar-refractivity contribution in [2.24, 2.45) is 11.8 Å². The SMILES string of the molecule is CC(C)C1CCN(C(=O)c2ccc(C#N)cc2)C1. The fourth-order valence-corrected chi connectivity index (χ4v) is 2.39. The summed E-state index contributed by atoms with van der Waals surface area (Å²) in [6, 6.07) is 8.93. The molecule has 1 heterocycles. The van der Waals surface area contributed by atoms with Crippen LogP contribution < -0.4 is 0 Å². The first kappa shape index (κ1) is 12.6. The second-order valence-corrected chi connectivity index (χ2v) is 5.23. The molecule has 0 aromatic heterocycles. The standard InChI is InChI=1S/C15H18N2O/c1-11(2)14-7-8-17(10-14)15(18)13-5-3-12(9-16)4-6-13/h3-6,11,14H,7-8,10H2,1-2H3. The molecule has 1 aromatic rings. The van der Waals surface area contributed by atoms with Gasteiger partial charge >= 0.3 is 0 Å². The van der Waals surface area contributed by atoms with Crippen LogP contribution in [0, 0.1) is 23.2 Å². The number of rotatable bonds is 2. The van der Waals surface area contributed by atoms with Crippen LogP contribution >= 0.6 is 0 Å². The molecule has 94 valence electrons. The molecule has 1 aliphatic heterocycles. The van der Waals surface area contributed by atoms with E-state index >= 15 is 0 Å². The Bertz CT molecular complexity index is 470. The van der Waals surface area contributed by atoms with Crippen LogP contribution in [0.4, 0.5) is 0 Å². The number of hydrogen-bond acceptors (Lipinski definition) is 2. The molecule has 1 amide bonds. The highest BCUT2D eigenvalue weighted by molar-refractivity contribution is 5.94.